The first-order valence-corrected chi connectivity index (χ1v) is 8.15. The lowest BCUT2D eigenvalue weighted by Crippen LogP contribution is -2.26. The molecule has 0 aliphatic carbocycles. The Kier molecular flexibility index (Phi) is 4.03. The predicted octanol–water partition coefficient (Wildman–Crippen LogP) is 3.60. The molecule has 1 aromatic heterocycles. The van der Waals surface area contributed by atoms with E-state index in [1.165, 1.54) is 21.8 Å². The third kappa shape index (κ3) is 2.97. The fourth-order valence-electron chi connectivity index (χ4n) is 2.30. The molecule has 0 spiro atoms. The molecule has 0 saturated heterocycles. The van der Waals surface area contributed by atoms with Gasteiger partial charge < -0.3 is 5.32 Å². The first-order chi connectivity index (χ1) is 8.92. The Bertz CT molecular complexity index is 468. The largest absolute Gasteiger partial charge is 0.315 e. The first kappa shape index (κ1) is 12.3. The van der Waals surface area contributed by atoms with Crippen LogP contribution in [-0.2, 0) is 12.8 Å². The predicted molar refractivity (Wildman–Crippen MR) is 80.7 cm³/mol. The molecule has 2 aromatic rings. The summed E-state index contributed by atoms with van der Waals surface area (Å²) in [6, 6.07) is 13.1. The van der Waals surface area contributed by atoms with Gasteiger partial charge in [-0.25, -0.2) is 0 Å². The summed E-state index contributed by atoms with van der Waals surface area (Å²) in [7, 11) is 0. The Hall–Kier alpha value is -0.770. The van der Waals surface area contributed by atoms with Crippen molar-refractivity contribution in [3.63, 3.8) is 0 Å². The van der Waals surface area contributed by atoms with Gasteiger partial charge in [-0.15, -0.1) is 23.1 Å². The smallest absolute Gasteiger partial charge is 0.0260 e. The lowest BCUT2D eigenvalue weighted by atomic mass is 10.1. The summed E-state index contributed by atoms with van der Waals surface area (Å²) in [5.74, 6) is 0. The molecule has 1 aromatic carbocycles. The molecule has 0 fully saturated rings. The molecule has 0 bridgehead atoms. The second kappa shape index (κ2) is 5.91. The Labute approximate surface area is 117 Å². The molecule has 1 atom stereocenters. The van der Waals surface area contributed by atoms with Crippen LogP contribution in [0, 0.1) is 0 Å². The average Bonchev–Trinajstić information content (AvgIpc) is 3.03. The highest BCUT2D eigenvalue weighted by molar-refractivity contribution is 8.00. The summed E-state index contributed by atoms with van der Waals surface area (Å²) in [6.07, 6.45) is 2.37. The zero-order valence-electron chi connectivity index (χ0n) is 10.3. The zero-order chi connectivity index (χ0) is 12.2. The first-order valence-electron chi connectivity index (χ1n) is 6.39. The van der Waals surface area contributed by atoms with Gasteiger partial charge in [0.1, 0.15) is 0 Å². The van der Waals surface area contributed by atoms with Crippen LogP contribution in [0.5, 0.6) is 0 Å². The maximum Gasteiger partial charge on any atom is 0.0260 e. The SMILES string of the molecule is c1csc(CCNCC2Cc3ccccc3S2)c1. The van der Waals surface area contributed by atoms with E-state index in [0.29, 0.717) is 5.25 Å². The average molecular weight is 275 g/mol. The van der Waals surface area contributed by atoms with E-state index in [1.54, 1.807) is 0 Å². The summed E-state index contributed by atoms with van der Waals surface area (Å²) in [4.78, 5) is 2.95. The fourth-order valence-corrected chi connectivity index (χ4v) is 4.29. The highest BCUT2D eigenvalue weighted by atomic mass is 32.2. The van der Waals surface area contributed by atoms with Crippen molar-refractivity contribution in [3.8, 4) is 0 Å². The molecule has 1 N–H and O–H groups in total. The molecule has 0 saturated carbocycles. The normalized spacial score (nSPS) is 17.9. The topological polar surface area (TPSA) is 12.0 Å². The van der Waals surface area contributed by atoms with E-state index < -0.39 is 0 Å². The standard InChI is InChI=1S/C15H17NS2/c1-2-6-15-12(4-1)10-14(18-15)11-16-8-7-13-5-3-9-17-13/h1-6,9,14,16H,7-8,10-11H2. The van der Waals surface area contributed by atoms with E-state index in [4.69, 9.17) is 0 Å². The Morgan fingerprint density at radius 3 is 2.94 bits per heavy atom. The van der Waals surface area contributed by atoms with Gasteiger partial charge in [0.05, 0.1) is 0 Å². The van der Waals surface area contributed by atoms with E-state index in [0.717, 1.165) is 19.5 Å². The van der Waals surface area contributed by atoms with E-state index >= 15 is 0 Å². The molecule has 0 amide bonds. The van der Waals surface area contributed by atoms with Crippen molar-refractivity contribution in [2.75, 3.05) is 13.1 Å². The number of rotatable bonds is 5. The zero-order valence-corrected chi connectivity index (χ0v) is 11.9. The van der Waals surface area contributed by atoms with Crippen molar-refractivity contribution in [1.29, 1.82) is 0 Å². The summed E-state index contributed by atoms with van der Waals surface area (Å²) in [5, 5.41) is 6.45. The molecule has 1 nitrogen and oxygen atoms in total. The Morgan fingerprint density at radius 2 is 2.11 bits per heavy atom. The van der Waals surface area contributed by atoms with Gasteiger partial charge in [0.2, 0.25) is 0 Å². The highest BCUT2D eigenvalue weighted by Crippen LogP contribution is 2.36. The van der Waals surface area contributed by atoms with Gasteiger partial charge in [-0.05, 0) is 42.5 Å². The van der Waals surface area contributed by atoms with Gasteiger partial charge >= 0.3 is 0 Å². The maximum atomic E-state index is 3.59. The Balaban J connectivity index is 1.41. The molecule has 1 unspecified atom stereocenters. The van der Waals surface area contributed by atoms with Crippen LogP contribution < -0.4 is 5.32 Å². The van der Waals surface area contributed by atoms with E-state index in [1.807, 2.05) is 23.1 Å². The maximum absolute atomic E-state index is 3.59. The molecule has 18 heavy (non-hydrogen) atoms. The third-order valence-corrected chi connectivity index (χ3v) is 5.47. The molecule has 1 aliphatic heterocycles. The van der Waals surface area contributed by atoms with Gasteiger partial charge in [-0.3, -0.25) is 0 Å². The second-order valence-corrected chi connectivity index (χ2v) is 6.96. The van der Waals surface area contributed by atoms with Gasteiger partial charge in [-0.2, -0.15) is 0 Å². The number of hydrogen-bond acceptors (Lipinski definition) is 3. The second-order valence-electron chi connectivity index (χ2n) is 4.59. The van der Waals surface area contributed by atoms with E-state index in [2.05, 4.69) is 47.1 Å². The van der Waals surface area contributed by atoms with Gasteiger partial charge in [0, 0.05) is 21.6 Å². The van der Waals surface area contributed by atoms with Crippen molar-refractivity contribution in [2.45, 2.75) is 23.0 Å². The van der Waals surface area contributed by atoms with Gasteiger partial charge in [0.25, 0.3) is 0 Å². The number of thiophene rings is 1. The summed E-state index contributed by atoms with van der Waals surface area (Å²) in [5.41, 5.74) is 1.52. The summed E-state index contributed by atoms with van der Waals surface area (Å²) in [6.45, 7) is 2.21. The van der Waals surface area contributed by atoms with Crippen LogP contribution in [0.25, 0.3) is 0 Å². The minimum atomic E-state index is 0.714. The monoisotopic (exact) mass is 275 g/mol. The molecule has 2 heterocycles. The number of benzene rings is 1. The molecule has 94 valence electrons. The van der Waals surface area contributed by atoms with Gasteiger partial charge in [0.15, 0.2) is 0 Å². The van der Waals surface area contributed by atoms with Crippen LogP contribution in [-0.4, -0.2) is 18.3 Å². The number of nitrogens with one attached hydrogen (secondary N) is 1. The fraction of sp³-hybridized carbons (Fsp3) is 0.333. The van der Waals surface area contributed by atoms with E-state index in [-0.39, 0.29) is 0 Å². The minimum absolute atomic E-state index is 0.714. The Morgan fingerprint density at radius 1 is 1.17 bits per heavy atom. The van der Waals surface area contributed by atoms with E-state index in [9.17, 15) is 0 Å². The van der Waals surface area contributed by atoms with Crippen LogP contribution in [0.2, 0.25) is 0 Å². The van der Waals surface area contributed by atoms with Crippen molar-refractivity contribution < 1.29 is 0 Å². The van der Waals surface area contributed by atoms with Crippen molar-refractivity contribution in [1.82, 2.24) is 5.32 Å². The third-order valence-electron chi connectivity index (χ3n) is 3.21. The van der Waals surface area contributed by atoms with Crippen LogP contribution in [0.3, 0.4) is 0 Å². The van der Waals surface area contributed by atoms with Crippen molar-refractivity contribution >= 4 is 23.1 Å². The number of hydrogen-bond donors (Lipinski definition) is 1. The number of thioether (sulfide) groups is 1. The molecule has 0 radical (unpaired) electrons. The van der Waals surface area contributed by atoms with Crippen molar-refractivity contribution in [2.24, 2.45) is 0 Å². The number of fused-ring (bicyclic) bond motifs is 1. The minimum Gasteiger partial charge on any atom is -0.315 e. The summed E-state index contributed by atoms with van der Waals surface area (Å²) >= 11 is 3.87. The lowest BCUT2D eigenvalue weighted by Gasteiger charge is -2.09. The molecular weight excluding hydrogens is 258 g/mol. The summed E-state index contributed by atoms with van der Waals surface area (Å²) < 4.78 is 0. The molecule has 3 heteroatoms. The van der Waals surface area contributed by atoms with Crippen LogP contribution in [0.4, 0.5) is 0 Å². The highest BCUT2D eigenvalue weighted by Gasteiger charge is 2.20. The van der Waals surface area contributed by atoms with Gasteiger partial charge in [-0.1, -0.05) is 24.3 Å². The molecule has 3 rings (SSSR count). The van der Waals surface area contributed by atoms with Crippen LogP contribution in [0.15, 0.2) is 46.7 Å². The lowest BCUT2D eigenvalue weighted by molar-refractivity contribution is 0.664. The quantitative estimate of drug-likeness (QED) is 0.837. The van der Waals surface area contributed by atoms with Crippen molar-refractivity contribution in [3.05, 3.63) is 52.2 Å². The van der Waals surface area contributed by atoms with Crippen LogP contribution in [0.1, 0.15) is 10.4 Å². The molecular formula is C15H17NS2. The molecule has 1 aliphatic rings. The van der Waals surface area contributed by atoms with Crippen LogP contribution >= 0.6 is 23.1 Å².